The Morgan fingerprint density at radius 1 is 1.08 bits per heavy atom. The highest BCUT2D eigenvalue weighted by Gasteiger charge is 2.44. The van der Waals surface area contributed by atoms with Crippen LogP contribution in [0.15, 0.2) is 48.5 Å². The van der Waals surface area contributed by atoms with E-state index in [0.29, 0.717) is 51.1 Å². The lowest BCUT2D eigenvalue weighted by molar-refractivity contribution is -0.143. The number of hydrogen-bond acceptors (Lipinski definition) is 6. The minimum absolute atomic E-state index is 0.100. The Hall–Kier alpha value is -2.45. The van der Waals surface area contributed by atoms with Crippen LogP contribution in [0.2, 0.25) is 0 Å². The first-order valence-electron chi connectivity index (χ1n) is 14.1. The van der Waals surface area contributed by atoms with Crippen LogP contribution in [-0.4, -0.2) is 60.0 Å². The minimum atomic E-state index is -1.16. The third kappa shape index (κ3) is 6.57. The lowest BCUT2D eigenvalue weighted by Crippen LogP contribution is -2.51. The standard InChI is InChI=1S/C31H44N2O5/c1-22-10-3-5-13-28(22)38-29-14-6-4-12-25(29)31(36,17-7-8-19-37-2)24-11-9-18-33(21-24)30(35)23-15-16-27(34)26(32)20-23/h3-6,10,12-14,23-24,26-27,34,36H,7-9,11,15-21,32H2,1-2H3/t23?,24-,26-,27+,31+/m1/s1. The number of hydrogen-bond donors (Lipinski definition) is 3. The van der Waals surface area contributed by atoms with Crippen molar-refractivity contribution < 1.29 is 24.5 Å². The molecule has 1 aliphatic heterocycles. The average Bonchev–Trinajstić information content (AvgIpc) is 2.94. The van der Waals surface area contributed by atoms with Crippen molar-refractivity contribution in [1.82, 2.24) is 4.90 Å². The summed E-state index contributed by atoms with van der Waals surface area (Å²) in [4.78, 5) is 15.4. The molecule has 2 aliphatic rings. The topological polar surface area (TPSA) is 105 Å². The van der Waals surface area contributed by atoms with E-state index in [1.165, 1.54) is 0 Å². The molecule has 1 amide bonds. The number of aliphatic hydroxyl groups excluding tert-OH is 1. The molecule has 0 bridgehead atoms. The van der Waals surface area contributed by atoms with E-state index in [1.54, 1.807) is 7.11 Å². The summed E-state index contributed by atoms with van der Waals surface area (Å²) in [6.45, 7) is 3.83. The minimum Gasteiger partial charge on any atom is -0.457 e. The SMILES string of the molecule is COCCCC[C@@](O)(c1ccccc1Oc1ccccc1C)[C@@H]1CCCN(C(=O)C2CC[C@H](O)[C@H](N)C2)C1. The van der Waals surface area contributed by atoms with E-state index < -0.39 is 11.7 Å². The highest BCUT2D eigenvalue weighted by Crippen LogP contribution is 2.45. The highest BCUT2D eigenvalue weighted by atomic mass is 16.5. The van der Waals surface area contributed by atoms with Gasteiger partial charge in [-0.2, -0.15) is 0 Å². The number of nitrogens with zero attached hydrogens (tertiary/aromatic N) is 1. The zero-order chi connectivity index (χ0) is 27.1. The monoisotopic (exact) mass is 524 g/mol. The van der Waals surface area contributed by atoms with Gasteiger partial charge in [0.05, 0.1) is 11.7 Å². The quantitative estimate of drug-likeness (QED) is 0.395. The van der Waals surface area contributed by atoms with Gasteiger partial charge in [-0.25, -0.2) is 0 Å². The fourth-order valence-corrected chi connectivity index (χ4v) is 6.14. The molecule has 1 saturated heterocycles. The second kappa shape index (κ2) is 13.1. The lowest BCUT2D eigenvalue weighted by atomic mass is 9.73. The maximum Gasteiger partial charge on any atom is 0.225 e. The van der Waals surface area contributed by atoms with Gasteiger partial charge in [-0.05, 0) is 76.0 Å². The molecule has 1 heterocycles. The zero-order valence-electron chi connectivity index (χ0n) is 22.9. The highest BCUT2D eigenvalue weighted by molar-refractivity contribution is 5.79. The molecule has 0 spiro atoms. The van der Waals surface area contributed by atoms with Gasteiger partial charge >= 0.3 is 0 Å². The lowest BCUT2D eigenvalue weighted by Gasteiger charge is -2.44. The van der Waals surface area contributed by atoms with Crippen molar-refractivity contribution in [3.05, 3.63) is 59.7 Å². The molecule has 38 heavy (non-hydrogen) atoms. The van der Waals surface area contributed by atoms with E-state index in [9.17, 15) is 15.0 Å². The molecule has 2 fully saturated rings. The smallest absolute Gasteiger partial charge is 0.225 e. The number of para-hydroxylation sites is 2. The normalized spacial score (nSPS) is 25.6. The number of amides is 1. The summed E-state index contributed by atoms with van der Waals surface area (Å²) in [5, 5.41) is 22.5. The fraction of sp³-hybridized carbons (Fsp3) is 0.581. The molecule has 0 radical (unpaired) electrons. The summed E-state index contributed by atoms with van der Waals surface area (Å²) in [7, 11) is 1.69. The van der Waals surface area contributed by atoms with Crippen LogP contribution in [0.3, 0.4) is 0 Å². The van der Waals surface area contributed by atoms with Crippen molar-refractivity contribution in [3.8, 4) is 11.5 Å². The van der Waals surface area contributed by atoms with Gasteiger partial charge in [-0.3, -0.25) is 4.79 Å². The molecule has 2 aromatic rings. The van der Waals surface area contributed by atoms with Gasteiger partial charge in [0, 0.05) is 50.2 Å². The predicted molar refractivity (Wildman–Crippen MR) is 148 cm³/mol. The first kappa shape index (κ1) is 28.6. The summed E-state index contributed by atoms with van der Waals surface area (Å²) in [5.74, 6) is 1.21. The molecule has 4 N–H and O–H groups in total. The number of likely N-dealkylation sites (tertiary alicyclic amines) is 1. The molecule has 1 aliphatic carbocycles. The van der Waals surface area contributed by atoms with Crippen LogP contribution in [0.5, 0.6) is 11.5 Å². The van der Waals surface area contributed by atoms with Gasteiger partial charge in [0.15, 0.2) is 0 Å². The summed E-state index contributed by atoms with van der Waals surface area (Å²) in [6, 6.07) is 15.3. The van der Waals surface area contributed by atoms with E-state index in [4.69, 9.17) is 15.2 Å². The Bertz CT molecular complexity index is 1060. The maximum atomic E-state index is 13.5. The number of ether oxygens (including phenoxy) is 2. The van der Waals surface area contributed by atoms with Crippen molar-refractivity contribution >= 4 is 5.91 Å². The number of nitrogens with two attached hydrogens (primary N) is 1. The summed E-state index contributed by atoms with van der Waals surface area (Å²) in [6.07, 6.45) is 5.04. The van der Waals surface area contributed by atoms with Gasteiger partial charge in [0.2, 0.25) is 5.91 Å². The van der Waals surface area contributed by atoms with Crippen LogP contribution in [0.4, 0.5) is 0 Å². The Kier molecular flexibility index (Phi) is 9.82. The molecule has 208 valence electrons. The summed E-state index contributed by atoms with van der Waals surface area (Å²) >= 11 is 0. The van der Waals surface area contributed by atoms with Gasteiger partial charge in [-0.15, -0.1) is 0 Å². The Morgan fingerprint density at radius 3 is 2.55 bits per heavy atom. The number of rotatable bonds is 10. The number of carbonyl (C=O) groups is 1. The molecule has 1 unspecified atom stereocenters. The van der Waals surface area contributed by atoms with Crippen molar-refractivity contribution in [2.45, 2.75) is 76.0 Å². The molecule has 7 nitrogen and oxygen atoms in total. The fourth-order valence-electron chi connectivity index (χ4n) is 6.14. The van der Waals surface area contributed by atoms with Crippen molar-refractivity contribution in [3.63, 3.8) is 0 Å². The predicted octanol–water partition coefficient (Wildman–Crippen LogP) is 4.52. The Balaban J connectivity index is 1.60. The third-order valence-electron chi connectivity index (χ3n) is 8.44. The van der Waals surface area contributed by atoms with E-state index in [2.05, 4.69) is 0 Å². The summed E-state index contributed by atoms with van der Waals surface area (Å²) < 4.78 is 11.7. The first-order valence-corrected chi connectivity index (χ1v) is 14.1. The molecular formula is C31H44N2O5. The molecule has 7 heteroatoms. The number of benzene rings is 2. The van der Waals surface area contributed by atoms with Gasteiger partial charge in [-0.1, -0.05) is 36.4 Å². The Labute approximate surface area is 226 Å². The van der Waals surface area contributed by atoms with Crippen LogP contribution in [0.25, 0.3) is 0 Å². The molecule has 0 aromatic heterocycles. The van der Waals surface area contributed by atoms with Gasteiger partial charge in [0.1, 0.15) is 11.5 Å². The van der Waals surface area contributed by atoms with Crippen LogP contribution < -0.4 is 10.5 Å². The number of piperidine rings is 1. The third-order valence-corrected chi connectivity index (χ3v) is 8.44. The summed E-state index contributed by atoms with van der Waals surface area (Å²) in [5.41, 5.74) is 6.72. The van der Waals surface area contributed by atoms with Gasteiger partial charge in [0.25, 0.3) is 0 Å². The second-order valence-electron chi connectivity index (χ2n) is 11.1. The number of carbonyl (C=O) groups excluding carboxylic acids is 1. The van der Waals surface area contributed by atoms with Crippen LogP contribution in [-0.2, 0) is 15.1 Å². The Morgan fingerprint density at radius 2 is 1.82 bits per heavy atom. The van der Waals surface area contributed by atoms with Crippen LogP contribution in [0.1, 0.15) is 62.5 Å². The zero-order valence-corrected chi connectivity index (χ0v) is 22.9. The molecule has 4 rings (SSSR count). The van der Waals surface area contributed by atoms with Crippen molar-refractivity contribution in [2.75, 3.05) is 26.8 Å². The van der Waals surface area contributed by atoms with Gasteiger partial charge < -0.3 is 30.3 Å². The largest absolute Gasteiger partial charge is 0.457 e. The number of unbranched alkanes of at least 4 members (excludes halogenated alkanes) is 1. The second-order valence-corrected chi connectivity index (χ2v) is 11.1. The van der Waals surface area contributed by atoms with E-state index in [1.807, 2.05) is 60.4 Å². The molecule has 1 saturated carbocycles. The van der Waals surface area contributed by atoms with E-state index in [-0.39, 0.29) is 23.8 Å². The first-order chi connectivity index (χ1) is 18.3. The van der Waals surface area contributed by atoms with Crippen LogP contribution in [0, 0.1) is 18.8 Å². The molecular weight excluding hydrogens is 480 g/mol. The van der Waals surface area contributed by atoms with Crippen molar-refractivity contribution in [1.29, 1.82) is 0 Å². The average molecular weight is 525 g/mol. The van der Waals surface area contributed by atoms with E-state index >= 15 is 0 Å². The number of aryl methyl sites for hydroxylation is 1. The number of aliphatic hydroxyl groups is 2. The maximum absolute atomic E-state index is 13.5. The van der Waals surface area contributed by atoms with Crippen molar-refractivity contribution in [2.24, 2.45) is 17.6 Å². The molecule has 2 aromatic carbocycles. The number of methoxy groups -OCH3 is 1. The van der Waals surface area contributed by atoms with Crippen LogP contribution >= 0.6 is 0 Å². The molecule has 5 atom stereocenters. The van der Waals surface area contributed by atoms with E-state index in [0.717, 1.165) is 42.6 Å².